The van der Waals surface area contributed by atoms with Gasteiger partial charge in [0.25, 0.3) is 5.91 Å². The van der Waals surface area contributed by atoms with E-state index in [2.05, 4.69) is 10.5 Å². The largest absolute Gasteiger partial charge is 0.272 e. The van der Waals surface area contributed by atoms with E-state index in [9.17, 15) is 13.2 Å². The number of rotatable bonds is 7. The molecule has 1 aliphatic rings. The number of hydrazone groups is 1. The van der Waals surface area contributed by atoms with Gasteiger partial charge in [0.1, 0.15) is 0 Å². The van der Waals surface area contributed by atoms with Crippen molar-refractivity contribution < 1.29 is 13.2 Å². The zero-order chi connectivity index (χ0) is 20.7. The Morgan fingerprint density at radius 3 is 2.38 bits per heavy atom. The van der Waals surface area contributed by atoms with Crippen LogP contribution in [0.5, 0.6) is 0 Å². The molecule has 1 fully saturated rings. The number of aryl methyl sites for hydroxylation is 1. The van der Waals surface area contributed by atoms with Gasteiger partial charge in [0.05, 0.1) is 17.7 Å². The molecule has 3 rings (SSSR count). The third-order valence-electron chi connectivity index (χ3n) is 5.11. The van der Waals surface area contributed by atoms with Gasteiger partial charge in [0, 0.05) is 6.04 Å². The van der Waals surface area contributed by atoms with Gasteiger partial charge >= 0.3 is 0 Å². The summed E-state index contributed by atoms with van der Waals surface area (Å²) >= 11 is 0. The van der Waals surface area contributed by atoms with Crippen LogP contribution in [0.4, 0.5) is 0 Å². The van der Waals surface area contributed by atoms with Crippen molar-refractivity contribution in [3.05, 3.63) is 65.7 Å². The van der Waals surface area contributed by atoms with Crippen LogP contribution in [0.25, 0.3) is 0 Å². The maximum atomic E-state index is 13.2. The van der Waals surface area contributed by atoms with Crippen LogP contribution in [-0.4, -0.2) is 37.4 Å². The lowest BCUT2D eigenvalue weighted by Gasteiger charge is -2.32. The summed E-state index contributed by atoms with van der Waals surface area (Å²) in [4.78, 5) is 12.7. The van der Waals surface area contributed by atoms with Gasteiger partial charge in [-0.15, -0.1) is 0 Å². The van der Waals surface area contributed by atoms with E-state index in [1.165, 1.54) is 4.31 Å². The fraction of sp³-hybridized carbons (Fsp3) is 0.364. The van der Waals surface area contributed by atoms with Crippen LogP contribution in [0, 0.1) is 6.92 Å². The van der Waals surface area contributed by atoms with Gasteiger partial charge < -0.3 is 0 Å². The van der Waals surface area contributed by atoms with Crippen molar-refractivity contribution in [2.24, 2.45) is 5.10 Å². The molecule has 1 saturated carbocycles. The lowest BCUT2D eigenvalue weighted by molar-refractivity contribution is -0.121. The highest BCUT2D eigenvalue weighted by atomic mass is 32.2. The summed E-state index contributed by atoms with van der Waals surface area (Å²) in [6, 6.07) is 15.9. The molecule has 0 atom stereocenters. The highest BCUT2D eigenvalue weighted by Gasteiger charge is 2.33. The third-order valence-corrected chi connectivity index (χ3v) is 7.02. The maximum Gasteiger partial charge on any atom is 0.255 e. The third kappa shape index (κ3) is 5.74. The summed E-state index contributed by atoms with van der Waals surface area (Å²) in [6.07, 6.45) is 6.13. The topological polar surface area (TPSA) is 78.8 Å². The standard InChI is InChI=1S/C22H27N3O3S/c1-18-12-14-19(15-13-18)16-23-24-22(26)17-25(20-8-4-2-5-9-20)29(27,28)21-10-6-3-7-11-21/h3,6-7,10-16,20H,2,4-5,8-9,17H2,1H3,(H,24,26)/b23-16+. The molecule has 0 heterocycles. The zero-order valence-electron chi connectivity index (χ0n) is 16.6. The fourth-order valence-corrected chi connectivity index (χ4v) is 5.18. The first-order valence-electron chi connectivity index (χ1n) is 9.92. The minimum atomic E-state index is -3.76. The molecule has 2 aromatic carbocycles. The second-order valence-corrected chi connectivity index (χ2v) is 9.25. The van der Waals surface area contributed by atoms with Crippen molar-refractivity contribution in [3.63, 3.8) is 0 Å². The van der Waals surface area contributed by atoms with E-state index < -0.39 is 15.9 Å². The van der Waals surface area contributed by atoms with Crippen LogP contribution < -0.4 is 5.43 Å². The van der Waals surface area contributed by atoms with Gasteiger partial charge in [0.15, 0.2) is 0 Å². The summed E-state index contributed by atoms with van der Waals surface area (Å²) < 4.78 is 27.7. The lowest BCUT2D eigenvalue weighted by Crippen LogP contribution is -2.46. The predicted octanol–water partition coefficient (Wildman–Crippen LogP) is 3.47. The van der Waals surface area contributed by atoms with E-state index in [0.717, 1.165) is 43.2 Å². The van der Waals surface area contributed by atoms with E-state index in [1.54, 1.807) is 36.5 Å². The first-order chi connectivity index (χ1) is 14.0. The summed E-state index contributed by atoms with van der Waals surface area (Å²) in [6.45, 7) is 1.75. The van der Waals surface area contributed by atoms with Gasteiger partial charge in [0.2, 0.25) is 10.0 Å². The van der Waals surface area contributed by atoms with Crippen LogP contribution in [0.15, 0.2) is 64.6 Å². The van der Waals surface area contributed by atoms with E-state index >= 15 is 0 Å². The normalized spacial score (nSPS) is 15.7. The molecule has 6 nitrogen and oxygen atoms in total. The highest BCUT2D eigenvalue weighted by molar-refractivity contribution is 7.89. The van der Waals surface area contributed by atoms with Crippen molar-refractivity contribution >= 4 is 22.1 Å². The van der Waals surface area contributed by atoms with Crippen molar-refractivity contribution in [3.8, 4) is 0 Å². The Morgan fingerprint density at radius 2 is 1.72 bits per heavy atom. The van der Waals surface area contributed by atoms with Gasteiger partial charge in [-0.1, -0.05) is 67.3 Å². The summed E-state index contributed by atoms with van der Waals surface area (Å²) in [5.74, 6) is -0.446. The first kappa shape index (κ1) is 21.2. The fourth-order valence-electron chi connectivity index (χ4n) is 3.52. The lowest BCUT2D eigenvalue weighted by atomic mass is 9.95. The maximum absolute atomic E-state index is 13.2. The number of nitrogens with zero attached hydrogens (tertiary/aromatic N) is 2. The van der Waals surface area contributed by atoms with Crippen molar-refractivity contribution in [2.75, 3.05) is 6.54 Å². The summed E-state index contributed by atoms with van der Waals surface area (Å²) in [5.41, 5.74) is 4.46. The Kier molecular flexibility index (Phi) is 7.17. The van der Waals surface area contributed by atoms with Crippen LogP contribution in [-0.2, 0) is 14.8 Å². The van der Waals surface area contributed by atoms with Gasteiger partial charge in [-0.3, -0.25) is 4.79 Å². The molecule has 1 aliphatic carbocycles. The molecule has 0 spiro atoms. The Balaban J connectivity index is 1.72. The molecular weight excluding hydrogens is 386 g/mol. The van der Waals surface area contributed by atoms with Crippen LogP contribution in [0.1, 0.15) is 43.2 Å². The predicted molar refractivity (Wildman–Crippen MR) is 114 cm³/mol. The Bertz CT molecular complexity index is 935. The zero-order valence-corrected chi connectivity index (χ0v) is 17.4. The molecule has 2 aromatic rings. The number of hydrogen-bond acceptors (Lipinski definition) is 4. The molecule has 0 unspecified atom stereocenters. The molecule has 1 amide bonds. The molecule has 0 aromatic heterocycles. The van der Waals surface area contributed by atoms with E-state index in [4.69, 9.17) is 0 Å². The molecule has 0 aliphatic heterocycles. The molecular formula is C22H27N3O3S. The number of carbonyl (C=O) groups is 1. The molecule has 0 saturated heterocycles. The van der Waals surface area contributed by atoms with Crippen molar-refractivity contribution in [1.29, 1.82) is 0 Å². The monoisotopic (exact) mass is 413 g/mol. The molecule has 29 heavy (non-hydrogen) atoms. The number of carbonyl (C=O) groups excluding carboxylic acids is 1. The van der Waals surface area contributed by atoms with Gasteiger partial charge in [-0.2, -0.15) is 9.41 Å². The number of amides is 1. The van der Waals surface area contributed by atoms with Crippen LogP contribution >= 0.6 is 0 Å². The van der Waals surface area contributed by atoms with E-state index in [-0.39, 0.29) is 17.5 Å². The number of nitrogens with one attached hydrogen (secondary N) is 1. The van der Waals surface area contributed by atoms with Gasteiger partial charge in [-0.05, 0) is 37.5 Å². The molecule has 1 N–H and O–H groups in total. The van der Waals surface area contributed by atoms with Gasteiger partial charge in [-0.25, -0.2) is 13.8 Å². The quantitative estimate of drug-likeness (QED) is 0.558. The Hall–Kier alpha value is -2.51. The highest BCUT2D eigenvalue weighted by Crippen LogP contribution is 2.27. The SMILES string of the molecule is Cc1ccc(/C=N/NC(=O)CN(C2CCCCC2)S(=O)(=O)c2ccccc2)cc1. The second kappa shape index (κ2) is 9.80. The van der Waals surface area contributed by atoms with Crippen molar-refractivity contribution in [2.45, 2.75) is 50.0 Å². The number of benzene rings is 2. The molecule has 0 radical (unpaired) electrons. The minimum Gasteiger partial charge on any atom is -0.272 e. The molecule has 154 valence electrons. The van der Waals surface area contributed by atoms with E-state index in [0.29, 0.717) is 0 Å². The van der Waals surface area contributed by atoms with Crippen molar-refractivity contribution in [1.82, 2.24) is 9.73 Å². The number of hydrogen-bond donors (Lipinski definition) is 1. The number of sulfonamides is 1. The summed E-state index contributed by atoms with van der Waals surface area (Å²) in [5, 5.41) is 3.98. The Labute approximate surface area is 172 Å². The average Bonchev–Trinajstić information content (AvgIpc) is 2.74. The minimum absolute atomic E-state index is 0.166. The summed E-state index contributed by atoms with van der Waals surface area (Å²) in [7, 11) is -3.76. The van der Waals surface area contributed by atoms with E-state index in [1.807, 2.05) is 31.2 Å². The average molecular weight is 414 g/mol. The van der Waals surface area contributed by atoms with Crippen LogP contribution in [0.3, 0.4) is 0 Å². The first-order valence-corrected chi connectivity index (χ1v) is 11.4. The molecule has 0 bridgehead atoms. The second-order valence-electron chi connectivity index (χ2n) is 7.36. The molecule has 7 heteroatoms. The van der Waals surface area contributed by atoms with Crippen LogP contribution in [0.2, 0.25) is 0 Å². The smallest absolute Gasteiger partial charge is 0.255 e. The Morgan fingerprint density at radius 1 is 1.07 bits per heavy atom.